The van der Waals surface area contributed by atoms with Crippen LogP contribution in [0.5, 0.6) is 0 Å². The topological polar surface area (TPSA) is 49.5 Å². The van der Waals surface area contributed by atoms with Crippen molar-refractivity contribution >= 4 is 5.69 Å². The molecule has 3 N–H and O–H groups in total. The SMILES string of the molecule is CCN(CCCO)c1c(F)cccc1CN. The maximum Gasteiger partial charge on any atom is 0.146 e. The number of para-hydroxylation sites is 1. The summed E-state index contributed by atoms with van der Waals surface area (Å²) in [4.78, 5) is 1.91. The Hall–Kier alpha value is -1.13. The molecule has 0 heterocycles. The predicted molar refractivity (Wildman–Crippen MR) is 63.9 cm³/mol. The summed E-state index contributed by atoms with van der Waals surface area (Å²) in [6.07, 6.45) is 0.631. The van der Waals surface area contributed by atoms with Crippen LogP contribution in [0, 0.1) is 5.82 Å². The highest BCUT2D eigenvalue weighted by Crippen LogP contribution is 2.24. The summed E-state index contributed by atoms with van der Waals surface area (Å²) in [7, 11) is 0. The molecule has 0 aliphatic rings. The number of halogens is 1. The molecule has 90 valence electrons. The molecule has 0 atom stereocenters. The van der Waals surface area contributed by atoms with E-state index in [1.165, 1.54) is 6.07 Å². The van der Waals surface area contributed by atoms with Gasteiger partial charge < -0.3 is 15.7 Å². The van der Waals surface area contributed by atoms with Crippen molar-refractivity contribution in [3.8, 4) is 0 Å². The molecule has 0 saturated heterocycles. The highest BCUT2D eigenvalue weighted by Gasteiger charge is 2.13. The zero-order valence-electron chi connectivity index (χ0n) is 9.62. The van der Waals surface area contributed by atoms with Crippen molar-refractivity contribution in [1.29, 1.82) is 0 Å². The van der Waals surface area contributed by atoms with Gasteiger partial charge in [-0.15, -0.1) is 0 Å². The largest absolute Gasteiger partial charge is 0.396 e. The van der Waals surface area contributed by atoms with Gasteiger partial charge in [-0.05, 0) is 25.0 Å². The van der Waals surface area contributed by atoms with Gasteiger partial charge in [0.1, 0.15) is 5.82 Å². The van der Waals surface area contributed by atoms with Crippen LogP contribution in [-0.2, 0) is 6.54 Å². The number of aliphatic hydroxyl groups is 1. The van der Waals surface area contributed by atoms with E-state index in [-0.39, 0.29) is 12.4 Å². The van der Waals surface area contributed by atoms with E-state index >= 15 is 0 Å². The van der Waals surface area contributed by atoms with Gasteiger partial charge in [0, 0.05) is 26.2 Å². The minimum absolute atomic E-state index is 0.114. The Morgan fingerprint density at radius 1 is 1.44 bits per heavy atom. The van der Waals surface area contributed by atoms with E-state index in [9.17, 15) is 4.39 Å². The summed E-state index contributed by atoms with van der Waals surface area (Å²) < 4.78 is 13.7. The number of aliphatic hydroxyl groups excluding tert-OH is 1. The molecule has 0 aromatic heterocycles. The Morgan fingerprint density at radius 3 is 2.75 bits per heavy atom. The predicted octanol–water partition coefficient (Wildman–Crippen LogP) is 1.49. The lowest BCUT2D eigenvalue weighted by Gasteiger charge is -2.25. The Kier molecular flexibility index (Phi) is 5.22. The molecule has 16 heavy (non-hydrogen) atoms. The number of nitrogens with zero attached hydrogens (tertiary/aromatic N) is 1. The maximum atomic E-state index is 13.7. The molecule has 1 aromatic carbocycles. The van der Waals surface area contributed by atoms with E-state index in [1.807, 2.05) is 17.9 Å². The number of rotatable bonds is 6. The van der Waals surface area contributed by atoms with Crippen molar-refractivity contribution in [2.75, 3.05) is 24.6 Å². The average Bonchev–Trinajstić information content (AvgIpc) is 2.31. The maximum absolute atomic E-state index is 13.7. The Balaban J connectivity index is 2.97. The molecular formula is C12H19FN2O. The highest BCUT2D eigenvalue weighted by atomic mass is 19.1. The fraction of sp³-hybridized carbons (Fsp3) is 0.500. The smallest absolute Gasteiger partial charge is 0.146 e. The van der Waals surface area contributed by atoms with Gasteiger partial charge in [-0.25, -0.2) is 4.39 Å². The molecule has 3 nitrogen and oxygen atoms in total. The minimum atomic E-state index is -0.247. The Morgan fingerprint density at radius 2 is 2.19 bits per heavy atom. The molecule has 0 amide bonds. The van der Waals surface area contributed by atoms with Crippen LogP contribution in [0.15, 0.2) is 18.2 Å². The number of nitrogens with two attached hydrogens (primary N) is 1. The molecule has 0 saturated carbocycles. The molecule has 1 rings (SSSR count). The molecule has 0 unspecified atom stereocenters. The van der Waals surface area contributed by atoms with Crippen LogP contribution in [0.2, 0.25) is 0 Å². The lowest BCUT2D eigenvalue weighted by Crippen LogP contribution is -2.27. The van der Waals surface area contributed by atoms with E-state index in [1.54, 1.807) is 6.07 Å². The van der Waals surface area contributed by atoms with Crippen LogP contribution >= 0.6 is 0 Å². The monoisotopic (exact) mass is 226 g/mol. The summed E-state index contributed by atoms with van der Waals surface area (Å²) in [5.41, 5.74) is 6.97. The fourth-order valence-electron chi connectivity index (χ4n) is 1.77. The van der Waals surface area contributed by atoms with Crippen molar-refractivity contribution in [3.05, 3.63) is 29.6 Å². The van der Waals surface area contributed by atoms with Crippen LogP contribution in [0.4, 0.5) is 10.1 Å². The number of benzene rings is 1. The number of hydrogen-bond donors (Lipinski definition) is 2. The Bertz CT molecular complexity index is 331. The Labute approximate surface area is 95.7 Å². The quantitative estimate of drug-likeness (QED) is 0.772. The molecule has 0 radical (unpaired) electrons. The lowest BCUT2D eigenvalue weighted by atomic mass is 10.1. The van der Waals surface area contributed by atoms with Gasteiger partial charge in [-0.2, -0.15) is 0 Å². The third-order valence-corrected chi connectivity index (χ3v) is 2.57. The fourth-order valence-corrected chi connectivity index (χ4v) is 1.77. The molecule has 0 spiro atoms. The van der Waals surface area contributed by atoms with Crippen molar-refractivity contribution in [1.82, 2.24) is 0 Å². The molecular weight excluding hydrogens is 207 g/mol. The zero-order chi connectivity index (χ0) is 12.0. The van der Waals surface area contributed by atoms with E-state index in [0.717, 1.165) is 5.56 Å². The second-order valence-corrected chi connectivity index (χ2v) is 3.61. The summed E-state index contributed by atoms with van der Waals surface area (Å²) in [5.74, 6) is -0.247. The van der Waals surface area contributed by atoms with Crippen molar-refractivity contribution in [2.24, 2.45) is 5.73 Å². The molecule has 1 aromatic rings. The summed E-state index contributed by atoms with van der Waals surface area (Å²) in [5, 5.41) is 8.81. The summed E-state index contributed by atoms with van der Waals surface area (Å²) in [6.45, 7) is 3.74. The van der Waals surface area contributed by atoms with E-state index in [4.69, 9.17) is 10.8 Å². The number of hydrogen-bond acceptors (Lipinski definition) is 3. The van der Waals surface area contributed by atoms with Crippen LogP contribution in [0.3, 0.4) is 0 Å². The zero-order valence-corrected chi connectivity index (χ0v) is 9.62. The standard InChI is InChI=1S/C12H19FN2O/c1-2-15(7-4-8-16)12-10(9-14)5-3-6-11(12)13/h3,5-6,16H,2,4,7-9,14H2,1H3. The summed E-state index contributed by atoms with van der Waals surface area (Å²) >= 11 is 0. The normalized spacial score (nSPS) is 10.5. The third-order valence-electron chi connectivity index (χ3n) is 2.57. The van der Waals surface area contributed by atoms with Crippen molar-refractivity contribution in [2.45, 2.75) is 19.9 Å². The first-order chi connectivity index (χ1) is 7.74. The van der Waals surface area contributed by atoms with Crippen molar-refractivity contribution in [3.63, 3.8) is 0 Å². The molecule has 0 bridgehead atoms. The first-order valence-corrected chi connectivity index (χ1v) is 5.57. The van der Waals surface area contributed by atoms with Gasteiger partial charge in [0.05, 0.1) is 5.69 Å². The van der Waals surface area contributed by atoms with Crippen molar-refractivity contribution < 1.29 is 9.50 Å². The lowest BCUT2D eigenvalue weighted by molar-refractivity contribution is 0.289. The second kappa shape index (κ2) is 6.45. The molecule has 4 heteroatoms. The van der Waals surface area contributed by atoms with Gasteiger partial charge in [-0.1, -0.05) is 12.1 Å². The molecule has 0 aliphatic carbocycles. The first-order valence-electron chi connectivity index (χ1n) is 5.57. The van der Waals surface area contributed by atoms with Crippen LogP contribution in [0.1, 0.15) is 18.9 Å². The van der Waals surface area contributed by atoms with Gasteiger partial charge in [-0.3, -0.25) is 0 Å². The van der Waals surface area contributed by atoms with E-state index in [0.29, 0.717) is 31.7 Å². The van der Waals surface area contributed by atoms with Crippen LogP contribution < -0.4 is 10.6 Å². The van der Waals surface area contributed by atoms with E-state index in [2.05, 4.69) is 0 Å². The van der Waals surface area contributed by atoms with Crippen LogP contribution in [0.25, 0.3) is 0 Å². The van der Waals surface area contributed by atoms with Gasteiger partial charge >= 0.3 is 0 Å². The average molecular weight is 226 g/mol. The summed E-state index contributed by atoms with van der Waals surface area (Å²) in [6, 6.07) is 4.94. The molecule has 0 aliphatic heterocycles. The highest BCUT2D eigenvalue weighted by molar-refractivity contribution is 5.54. The second-order valence-electron chi connectivity index (χ2n) is 3.61. The van der Waals surface area contributed by atoms with Crippen LogP contribution in [-0.4, -0.2) is 24.8 Å². The van der Waals surface area contributed by atoms with Gasteiger partial charge in [0.2, 0.25) is 0 Å². The molecule has 0 fully saturated rings. The number of anilines is 1. The van der Waals surface area contributed by atoms with Gasteiger partial charge in [0.25, 0.3) is 0 Å². The minimum Gasteiger partial charge on any atom is -0.396 e. The first kappa shape index (κ1) is 12.9. The van der Waals surface area contributed by atoms with E-state index < -0.39 is 0 Å². The third kappa shape index (κ3) is 2.93. The van der Waals surface area contributed by atoms with Gasteiger partial charge in [0.15, 0.2) is 0 Å².